The molecule has 2 heterocycles. The van der Waals surface area contributed by atoms with E-state index >= 15 is 0 Å². The van der Waals surface area contributed by atoms with Crippen molar-refractivity contribution in [2.75, 3.05) is 0 Å². The Morgan fingerprint density at radius 1 is 1.12 bits per heavy atom. The minimum absolute atomic E-state index is 0.287. The van der Waals surface area contributed by atoms with Crippen LogP contribution in [-0.4, -0.2) is 16.2 Å². The summed E-state index contributed by atoms with van der Waals surface area (Å²) in [5, 5.41) is 9.27. The summed E-state index contributed by atoms with van der Waals surface area (Å²) in [4.78, 5) is 16.0. The van der Waals surface area contributed by atoms with E-state index in [1.54, 1.807) is 25.3 Å². The number of hydrogen-bond acceptors (Lipinski definition) is 5. The number of pyridine rings is 1. The second-order valence-electron chi connectivity index (χ2n) is 5.38. The molecule has 0 fully saturated rings. The Kier molecular flexibility index (Phi) is 5.26. The average molecular weight is 338 g/mol. The molecule has 0 aliphatic heterocycles. The molecule has 7 nitrogen and oxygen atoms in total. The third-order valence-corrected chi connectivity index (χ3v) is 3.32. The van der Waals surface area contributed by atoms with Crippen molar-refractivity contribution in [3.8, 4) is 11.6 Å². The maximum atomic E-state index is 11.8. The Labute approximate surface area is 145 Å². The van der Waals surface area contributed by atoms with Gasteiger partial charge >= 0.3 is 6.03 Å². The number of aryl methyl sites for hydroxylation is 1. The number of nitrogens with zero attached hydrogens (tertiary/aromatic N) is 2. The van der Waals surface area contributed by atoms with Gasteiger partial charge < -0.3 is 19.9 Å². The Morgan fingerprint density at radius 3 is 2.60 bits per heavy atom. The monoisotopic (exact) mass is 338 g/mol. The van der Waals surface area contributed by atoms with Crippen LogP contribution in [0.3, 0.4) is 0 Å². The number of urea groups is 1. The molecule has 7 heteroatoms. The first kappa shape index (κ1) is 16.5. The van der Waals surface area contributed by atoms with E-state index in [0.29, 0.717) is 30.4 Å². The summed E-state index contributed by atoms with van der Waals surface area (Å²) < 4.78 is 10.6. The van der Waals surface area contributed by atoms with Crippen molar-refractivity contribution < 1.29 is 14.1 Å². The second kappa shape index (κ2) is 7.96. The average Bonchev–Trinajstić information content (AvgIpc) is 3.06. The van der Waals surface area contributed by atoms with E-state index in [0.717, 1.165) is 11.3 Å². The Balaban J connectivity index is 1.44. The van der Waals surface area contributed by atoms with Crippen LogP contribution in [0.5, 0.6) is 11.6 Å². The van der Waals surface area contributed by atoms with Gasteiger partial charge in [-0.25, -0.2) is 9.78 Å². The zero-order chi connectivity index (χ0) is 17.5. The van der Waals surface area contributed by atoms with E-state index in [1.165, 1.54) is 0 Å². The van der Waals surface area contributed by atoms with Gasteiger partial charge in [0, 0.05) is 24.9 Å². The molecule has 2 amide bonds. The number of carbonyl (C=O) groups excluding carboxylic acids is 1. The third-order valence-electron chi connectivity index (χ3n) is 3.32. The van der Waals surface area contributed by atoms with Gasteiger partial charge in [-0.1, -0.05) is 29.4 Å². The summed E-state index contributed by atoms with van der Waals surface area (Å²) >= 11 is 0. The second-order valence-corrected chi connectivity index (χ2v) is 5.38. The van der Waals surface area contributed by atoms with Gasteiger partial charge in [0.15, 0.2) is 0 Å². The first-order chi connectivity index (χ1) is 12.2. The molecule has 0 aliphatic rings. The molecule has 25 heavy (non-hydrogen) atoms. The van der Waals surface area contributed by atoms with Crippen molar-refractivity contribution in [3.05, 3.63) is 71.7 Å². The van der Waals surface area contributed by atoms with Crippen LogP contribution < -0.4 is 15.4 Å². The van der Waals surface area contributed by atoms with Crippen molar-refractivity contribution >= 4 is 6.03 Å². The first-order valence-electron chi connectivity index (χ1n) is 7.81. The molecule has 0 radical (unpaired) electrons. The molecule has 0 bridgehead atoms. The number of ether oxygens (including phenoxy) is 1. The first-order valence-corrected chi connectivity index (χ1v) is 7.81. The Morgan fingerprint density at radius 2 is 1.92 bits per heavy atom. The largest absolute Gasteiger partial charge is 0.439 e. The Hall–Kier alpha value is -3.35. The highest BCUT2D eigenvalue weighted by atomic mass is 16.5. The van der Waals surface area contributed by atoms with Crippen LogP contribution in [0.15, 0.2) is 59.3 Å². The van der Waals surface area contributed by atoms with Gasteiger partial charge in [-0.2, -0.15) is 0 Å². The summed E-state index contributed by atoms with van der Waals surface area (Å²) in [6.07, 6.45) is 1.67. The highest BCUT2D eigenvalue weighted by Gasteiger charge is 2.05. The number of amides is 2. The van der Waals surface area contributed by atoms with Gasteiger partial charge in [-0.3, -0.25) is 0 Å². The molecule has 3 aromatic rings. The summed E-state index contributed by atoms with van der Waals surface area (Å²) in [6.45, 7) is 2.47. The van der Waals surface area contributed by atoms with Crippen molar-refractivity contribution in [2.24, 2.45) is 0 Å². The molecule has 0 aliphatic carbocycles. The molecule has 128 valence electrons. The van der Waals surface area contributed by atoms with E-state index in [9.17, 15) is 4.79 Å². The molecular formula is C18H18N4O3. The number of carbonyl (C=O) groups is 1. The molecule has 3 rings (SSSR count). The van der Waals surface area contributed by atoms with Gasteiger partial charge in [0.1, 0.15) is 17.2 Å². The molecule has 2 aromatic heterocycles. The molecule has 1 aromatic carbocycles. The van der Waals surface area contributed by atoms with Gasteiger partial charge in [0.2, 0.25) is 5.88 Å². The van der Waals surface area contributed by atoms with Crippen LogP contribution in [0.2, 0.25) is 0 Å². The highest BCUT2D eigenvalue weighted by molar-refractivity contribution is 5.73. The molecular weight excluding hydrogens is 320 g/mol. The lowest BCUT2D eigenvalue weighted by Crippen LogP contribution is -2.34. The minimum Gasteiger partial charge on any atom is -0.439 e. The number of benzene rings is 1. The van der Waals surface area contributed by atoms with Crippen LogP contribution in [0, 0.1) is 6.92 Å². The fourth-order valence-electron chi connectivity index (χ4n) is 2.10. The molecule has 0 spiro atoms. The maximum Gasteiger partial charge on any atom is 0.315 e. The highest BCUT2D eigenvalue weighted by Crippen LogP contribution is 2.18. The van der Waals surface area contributed by atoms with Crippen molar-refractivity contribution in [2.45, 2.75) is 20.0 Å². The van der Waals surface area contributed by atoms with Crippen LogP contribution in [-0.2, 0) is 13.1 Å². The van der Waals surface area contributed by atoms with E-state index in [-0.39, 0.29) is 6.03 Å². The molecule has 0 saturated heterocycles. The van der Waals surface area contributed by atoms with Crippen LogP contribution in [0.1, 0.15) is 17.0 Å². The number of aromatic nitrogens is 2. The predicted octanol–water partition coefficient (Wildman–Crippen LogP) is 3.17. The van der Waals surface area contributed by atoms with Gasteiger partial charge in [-0.15, -0.1) is 0 Å². The van der Waals surface area contributed by atoms with Gasteiger partial charge in [0.25, 0.3) is 0 Å². The van der Waals surface area contributed by atoms with Crippen molar-refractivity contribution in [1.29, 1.82) is 0 Å². The standard InChI is InChI=1S/C18H18N4O3/c1-13-9-15(22-25-13)12-21-18(23)20-11-14-7-8-17(19-10-14)24-16-5-3-2-4-6-16/h2-10H,11-12H2,1H3,(H2,20,21,23). The lowest BCUT2D eigenvalue weighted by molar-refractivity contribution is 0.240. The zero-order valence-electron chi connectivity index (χ0n) is 13.7. The van der Waals surface area contributed by atoms with Crippen LogP contribution in [0.4, 0.5) is 4.79 Å². The summed E-state index contributed by atoms with van der Waals surface area (Å²) in [7, 11) is 0. The molecule has 0 atom stereocenters. The van der Waals surface area contributed by atoms with Crippen LogP contribution >= 0.6 is 0 Å². The number of rotatable bonds is 6. The van der Waals surface area contributed by atoms with E-state index in [2.05, 4.69) is 20.8 Å². The van der Waals surface area contributed by atoms with Crippen molar-refractivity contribution in [3.63, 3.8) is 0 Å². The maximum absolute atomic E-state index is 11.8. The van der Waals surface area contributed by atoms with Crippen LogP contribution in [0.25, 0.3) is 0 Å². The molecule has 0 unspecified atom stereocenters. The SMILES string of the molecule is Cc1cc(CNC(=O)NCc2ccc(Oc3ccccc3)nc2)no1. The number of nitrogens with one attached hydrogen (secondary N) is 2. The fraction of sp³-hybridized carbons (Fsp3) is 0.167. The smallest absolute Gasteiger partial charge is 0.315 e. The van der Waals surface area contributed by atoms with Crippen molar-refractivity contribution in [1.82, 2.24) is 20.8 Å². The lowest BCUT2D eigenvalue weighted by atomic mass is 10.3. The summed E-state index contributed by atoms with van der Waals surface area (Å²) in [6, 6.07) is 14.5. The normalized spacial score (nSPS) is 10.3. The topological polar surface area (TPSA) is 89.3 Å². The molecule has 2 N–H and O–H groups in total. The zero-order valence-corrected chi connectivity index (χ0v) is 13.7. The van der Waals surface area contributed by atoms with E-state index in [1.807, 2.05) is 36.4 Å². The Bertz CT molecular complexity index is 816. The number of para-hydroxylation sites is 1. The lowest BCUT2D eigenvalue weighted by Gasteiger charge is -2.07. The van der Waals surface area contributed by atoms with E-state index < -0.39 is 0 Å². The quantitative estimate of drug-likeness (QED) is 0.720. The van der Waals surface area contributed by atoms with Gasteiger partial charge in [0.05, 0.1) is 6.54 Å². The fourth-order valence-corrected chi connectivity index (χ4v) is 2.10. The van der Waals surface area contributed by atoms with Gasteiger partial charge in [-0.05, 0) is 24.6 Å². The summed E-state index contributed by atoms with van der Waals surface area (Å²) in [5.74, 6) is 1.94. The van der Waals surface area contributed by atoms with E-state index in [4.69, 9.17) is 9.26 Å². The predicted molar refractivity (Wildman–Crippen MR) is 91.1 cm³/mol. The minimum atomic E-state index is -0.287. The summed E-state index contributed by atoms with van der Waals surface area (Å²) in [5.41, 5.74) is 1.55. The third kappa shape index (κ3) is 5.07. The number of hydrogen-bond donors (Lipinski definition) is 2. The molecule has 0 saturated carbocycles.